The summed E-state index contributed by atoms with van der Waals surface area (Å²) >= 11 is 0. The van der Waals surface area contributed by atoms with Crippen molar-refractivity contribution < 1.29 is 13.9 Å². The number of ether oxygens (including phenoxy) is 1. The minimum Gasteiger partial charge on any atom is -0.434 e. The topological polar surface area (TPSA) is 53.6 Å². The van der Waals surface area contributed by atoms with E-state index in [0.29, 0.717) is 5.56 Å². The first-order chi connectivity index (χ1) is 15.7. The summed E-state index contributed by atoms with van der Waals surface area (Å²) in [6.45, 7) is 4.70. The molecule has 2 heterocycles. The van der Waals surface area contributed by atoms with Crippen LogP contribution < -0.4 is 10.6 Å². The van der Waals surface area contributed by atoms with E-state index in [1.807, 2.05) is 48.5 Å². The predicted octanol–water partition coefficient (Wildman–Crippen LogP) is 4.14. The number of carbonyl (C=O) groups excluding carboxylic acids is 1. The predicted molar refractivity (Wildman–Crippen MR) is 122 cm³/mol. The summed E-state index contributed by atoms with van der Waals surface area (Å²) in [5.74, 6) is -0.508. The van der Waals surface area contributed by atoms with Gasteiger partial charge in [-0.1, -0.05) is 48.5 Å². The highest BCUT2D eigenvalue weighted by molar-refractivity contribution is 5.94. The molecule has 5 nitrogen and oxygen atoms in total. The normalized spacial score (nSPS) is 19.3. The number of benzene rings is 3. The minimum absolute atomic E-state index is 0.0461. The Bertz CT molecular complexity index is 1100. The molecule has 3 aromatic carbocycles. The molecule has 5 rings (SSSR count). The molecular formula is C26H26FN3O2. The number of para-hydroxylation sites is 1. The molecule has 2 unspecified atom stereocenters. The summed E-state index contributed by atoms with van der Waals surface area (Å²) in [6.07, 6.45) is -0.534. The van der Waals surface area contributed by atoms with Gasteiger partial charge >= 0.3 is 5.97 Å². The fraction of sp³-hybridized carbons (Fsp3) is 0.269. The third-order valence-corrected chi connectivity index (χ3v) is 6.23. The smallest absolute Gasteiger partial charge is 0.340 e. The number of piperazine rings is 1. The Kier molecular flexibility index (Phi) is 5.88. The molecule has 2 aliphatic heterocycles. The number of cyclic esters (lactones) is 1. The van der Waals surface area contributed by atoms with Crippen LogP contribution in [0.1, 0.15) is 39.2 Å². The van der Waals surface area contributed by atoms with Gasteiger partial charge in [-0.2, -0.15) is 0 Å². The number of nitrogens with one attached hydrogen (secondary N) is 2. The third kappa shape index (κ3) is 4.24. The summed E-state index contributed by atoms with van der Waals surface area (Å²) < 4.78 is 19.3. The van der Waals surface area contributed by atoms with Gasteiger partial charge in [-0.3, -0.25) is 4.90 Å². The lowest BCUT2D eigenvalue weighted by Gasteiger charge is -2.32. The quantitative estimate of drug-likeness (QED) is 0.575. The Morgan fingerprint density at radius 1 is 1.00 bits per heavy atom. The maximum Gasteiger partial charge on any atom is 0.340 e. The second-order valence-electron chi connectivity index (χ2n) is 8.26. The number of hydrogen-bond acceptors (Lipinski definition) is 5. The van der Waals surface area contributed by atoms with E-state index in [1.54, 1.807) is 6.07 Å². The van der Waals surface area contributed by atoms with Gasteiger partial charge in [0.15, 0.2) is 0 Å². The molecule has 0 radical (unpaired) electrons. The zero-order valence-electron chi connectivity index (χ0n) is 17.8. The van der Waals surface area contributed by atoms with E-state index in [1.165, 1.54) is 12.1 Å². The van der Waals surface area contributed by atoms with E-state index in [0.717, 1.165) is 55.1 Å². The van der Waals surface area contributed by atoms with Crippen LogP contribution in [0, 0.1) is 5.82 Å². The highest BCUT2D eigenvalue weighted by atomic mass is 19.1. The summed E-state index contributed by atoms with van der Waals surface area (Å²) in [6, 6.07) is 22.3. The largest absolute Gasteiger partial charge is 0.434 e. The first kappa shape index (κ1) is 20.7. The number of fused-ring (bicyclic) bond motifs is 1. The number of anilines is 1. The van der Waals surface area contributed by atoms with Crippen molar-refractivity contribution in [2.45, 2.75) is 12.1 Å². The van der Waals surface area contributed by atoms with E-state index >= 15 is 0 Å². The lowest BCUT2D eigenvalue weighted by Crippen LogP contribution is -2.45. The lowest BCUT2D eigenvalue weighted by atomic mass is 9.89. The molecule has 6 heteroatoms. The van der Waals surface area contributed by atoms with Gasteiger partial charge in [0.05, 0.1) is 5.56 Å². The lowest BCUT2D eigenvalue weighted by molar-refractivity contribution is 0.0437. The highest BCUT2D eigenvalue weighted by Crippen LogP contribution is 2.36. The minimum atomic E-state index is -0.534. The average molecular weight is 432 g/mol. The van der Waals surface area contributed by atoms with Gasteiger partial charge in [0, 0.05) is 49.9 Å². The monoisotopic (exact) mass is 431 g/mol. The van der Waals surface area contributed by atoms with Gasteiger partial charge in [0.25, 0.3) is 0 Å². The standard InChI is InChI=1S/C26H26FN3O2/c27-19-11-9-18(10-12-19)23(17-30-15-13-28-14-16-30)20-5-3-4-8-24(20)29-25-21-6-1-2-7-22(21)26(31)32-25/h1-12,23,25,28-29H,13-17H2. The van der Waals surface area contributed by atoms with Gasteiger partial charge in [-0.05, 0) is 35.4 Å². The second-order valence-corrected chi connectivity index (χ2v) is 8.26. The molecular weight excluding hydrogens is 405 g/mol. The van der Waals surface area contributed by atoms with Crippen LogP contribution in [0.25, 0.3) is 0 Å². The van der Waals surface area contributed by atoms with Crippen molar-refractivity contribution in [3.63, 3.8) is 0 Å². The van der Waals surface area contributed by atoms with Crippen LogP contribution in [0.4, 0.5) is 10.1 Å². The van der Waals surface area contributed by atoms with Crippen molar-refractivity contribution in [3.8, 4) is 0 Å². The van der Waals surface area contributed by atoms with Gasteiger partial charge in [0.2, 0.25) is 6.23 Å². The van der Waals surface area contributed by atoms with Crippen LogP contribution in [0.5, 0.6) is 0 Å². The van der Waals surface area contributed by atoms with Crippen molar-refractivity contribution in [3.05, 3.63) is 101 Å². The van der Waals surface area contributed by atoms with Gasteiger partial charge in [-0.15, -0.1) is 0 Å². The number of nitrogens with zero attached hydrogens (tertiary/aromatic N) is 1. The van der Waals surface area contributed by atoms with Crippen LogP contribution >= 0.6 is 0 Å². The van der Waals surface area contributed by atoms with E-state index in [4.69, 9.17) is 4.74 Å². The van der Waals surface area contributed by atoms with Gasteiger partial charge in [0.1, 0.15) is 5.82 Å². The number of carbonyl (C=O) groups is 1. The van der Waals surface area contributed by atoms with Crippen LogP contribution in [-0.4, -0.2) is 43.6 Å². The SMILES string of the molecule is O=C1OC(Nc2ccccc2C(CN2CCNCC2)c2ccc(F)cc2)c2ccccc21. The number of esters is 1. The molecule has 32 heavy (non-hydrogen) atoms. The van der Waals surface area contributed by atoms with Crippen LogP contribution in [0.3, 0.4) is 0 Å². The maximum absolute atomic E-state index is 13.7. The Morgan fingerprint density at radius 2 is 1.72 bits per heavy atom. The molecule has 2 N–H and O–H groups in total. The summed E-state index contributed by atoms with van der Waals surface area (Å²) in [5.41, 5.74) is 4.50. The molecule has 3 aromatic rings. The van der Waals surface area contributed by atoms with E-state index in [2.05, 4.69) is 21.6 Å². The first-order valence-electron chi connectivity index (χ1n) is 11.0. The average Bonchev–Trinajstić information content (AvgIpc) is 3.15. The molecule has 1 fully saturated rings. The van der Waals surface area contributed by atoms with E-state index in [-0.39, 0.29) is 17.7 Å². The molecule has 2 atom stereocenters. The molecule has 0 saturated carbocycles. The molecule has 0 amide bonds. The zero-order valence-corrected chi connectivity index (χ0v) is 17.8. The van der Waals surface area contributed by atoms with Crippen LogP contribution in [0.2, 0.25) is 0 Å². The third-order valence-electron chi connectivity index (χ3n) is 6.23. The molecule has 0 aliphatic carbocycles. The second kappa shape index (κ2) is 9.10. The molecule has 0 bridgehead atoms. The molecule has 0 aromatic heterocycles. The number of rotatable bonds is 6. The fourth-order valence-corrected chi connectivity index (χ4v) is 4.56. The van der Waals surface area contributed by atoms with Crippen molar-refractivity contribution in [1.29, 1.82) is 0 Å². The number of halogens is 1. The van der Waals surface area contributed by atoms with E-state index < -0.39 is 6.23 Å². The van der Waals surface area contributed by atoms with Crippen molar-refractivity contribution in [2.75, 3.05) is 38.0 Å². The Hall–Kier alpha value is -3.22. The fourth-order valence-electron chi connectivity index (χ4n) is 4.56. The van der Waals surface area contributed by atoms with Crippen molar-refractivity contribution in [2.24, 2.45) is 0 Å². The summed E-state index contributed by atoms with van der Waals surface area (Å²) in [4.78, 5) is 14.7. The highest BCUT2D eigenvalue weighted by Gasteiger charge is 2.31. The maximum atomic E-state index is 13.7. The van der Waals surface area contributed by atoms with Gasteiger partial charge < -0.3 is 15.4 Å². The first-order valence-corrected chi connectivity index (χ1v) is 11.0. The Balaban J connectivity index is 1.48. The summed E-state index contributed by atoms with van der Waals surface area (Å²) in [5, 5.41) is 6.84. The molecule has 2 aliphatic rings. The van der Waals surface area contributed by atoms with Crippen molar-refractivity contribution >= 4 is 11.7 Å². The Morgan fingerprint density at radius 3 is 2.53 bits per heavy atom. The molecule has 0 spiro atoms. The van der Waals surface area contributed by atoms with Crippen molar-refractivity contribution in [1.82, 2.24) is 10.2 Å². The zero-order chi connectivity index (χ0) is 21.9. The van der Waals surface area contributed by atoms with Crippen LogP contribution in [0.15, 0.2) is 72.8 Å². The van der Waals surface area contributed by atoms with Crippen LogP contribution in [-0.2, 0) is 4.74 Å². The van der Waals surface area contributed by atoms with Gasteiger partial charge in [-0.25, -0.2) is 9.18 Å². The molecule has 164 valence electrons. The molecule has 1 saturated heterocycles. The number of hydrogen-bond donors (Lipinski definition) is 2. The van der Waals surface area contributed by atoms with E-state index in [9.17, 15) is 9.18 Å². The summed E-state index contributed by atoms with van der Waals surface area (Å²) in [7, 11) is 0. The Labute approximate surface area is 187 Å².